The topological polar surface area (TPSA) is 17.8 Å². The molecule has 0 bridgehead atoms. The van der Waals surface area contributed by atoms with E-state index in [1.807, 2.05) is 12.3 Å². The molecule has 0 saturated heterocycles. The summed E-state index contributed by atoms with van der Waals surface area (Å²) in [7, 11) is 0. The monoisotopic (exact) mass is 638 g/mol. The van der Waals surface area contributed by atoms with Crippen molar-refractivity contribution >= 4 is 32.7 Å². The van der Waals surface area contributed by atoms with Gasteiger partial charge in [-0.05, 0) is 92.5 Å². The molecule has 0 saturated carbocycles. The van der Waals surface area contributed by atoms with E-state index in [4.69, 9.17) is 0 Å². The van der Waals surface area contributed by atoms with Crippen LogP contribution in [0.4, 0.5) is 0 Å². The fourth-order valence-electron chi connectivity index (χ4n) is 8.39. The molecule has 0 amide bonds. The molecule has 0 atom stereocenters. The van der Waals surface area contributed by atoms with Crippen LogP contribution in [0.15, 0.2) is 170 Å². The number of pyridine rings is 1. The largest absolute Gasteiger partial charge is 0.309 e. The van der Waals surface area contributed by atoms with E-state index in [-0.39, 0.29) is 5.41 Å². The number of hydrogen-bond acceptors (Lipinski definition) is 1. The molecule has 2 nitrogen and oxygen atoms in total. The number of hydrogen-bond donors (Lipinski definition) is 0. The smallest absolute Gasteiger partial charge is 0.0708 e. The van der Waals surface area contributed by atoms with Crippen molar-refractivity contribution in [1.29, 1.82) is 0 Å². The Hall–Kier alpha value is -6.25. The van der Waals surface area contributed by atoms with Crippen LogP contribution in [0.1, 0.15) is 25.0 Å². The van der Waals surface area contributed by atoms with Gasteiger partial charge in [0, 0.05) is 39.0 Å². The van der Waals surface area contributed by atoms with Gasteiger partial charge in [0.2, 0.25) is 0 Å². The van der Waals surface area contributed by atoms with Crippen LogP contribution in [0.25, 0.3) is 82.9 Å². The maximum atomic E-state index is 4.58. The summed E-state index contributed by atoms with van der Waals surface area (Å²) in [6.45, 7) is 4.71. The lowest BCUT2D eigenvalue weighted by Gasteiger charge is -2.22. The highest BCUT2D eigenvalue weighted by atomic mass is 15.0. The Morgan fingerprint density at radius 1 is 0.440 bits per heavy atom. The summed E-state index contributed by atoms with van der Waals surface area (Å²) in [6.07, 6.45) is 1.90. The van der Waals surface area contributed by atoms with Crippen molar-refractivity contribution in [2.75, 3.05) is 0 Å². The highest BCUT2D eigenvalue weighted by Gasteiger charge is 2.35. The van der Waals surface area contributed by atoms with E-state index in [0.29, 0.717) is 0 Å². The molecule has 7 aromatic carbocycles. The van der Waals surface area contributed by atoms with Crippen molar-refractivity contribution in [3.63, 3.8) is 0 Å². The molecule has 2 heteroatoms. The van der Waals surface area contributed by atoms with Gasteiger partial charge in [-0.15, -0.1) is 0 Å². The molecule has 2 heterocycles. The van der Waals surface area contributed by atoms with Crippen LogP contribution < -0.4 is 0 Å². The second kappa shape index (κ2) is 10.9. The van der Waals surface area contributed by atoms with Crippen LogP contribution in [0.3, 0.4) is 0 Å². The van der Waals surface area contributed by atoms with Crippen molar-refractivity contribution in [2.45, 2.75) is 19.3 Å². The highest BCUT2D eigenvalue weighted by molar-refractivity contribution is 6.14. The third kappa shape index (κ3) is 4.25. The average Bonchev–Trinajstić information content (AvgIpc) is 3.63. The van der Waals surface area contributed by atoms with Gasteiger partial charge in [-0.1, -0.05) is 135 Å². The predicted octanol–water partition coefficient (Wildman–Crippen LogP) is 12.6. The van der Waals surface area contributed by atoms with Crippen molar-refractivity contribution in [3.05, 3.63) is 181 Å². The lowest BCUT2D eigenvalue weighted by molar-refractivity contribution is 0.660. The van der Waals surface area contributed by atoms with Crippen LogP contribution in [0.5, 0.6) is 0 Å². The van der Waals surface area contributed by atoms with Gasteiger partial charge in [-0.3, -0.25) is 4.98 Å². The zero-order valence-electron chi connectivity index (χ0n) is 28.1. The van der Waals surface area contributed by atoms with Crippen molar-refractivity contribution < 1.29 is 0 Å². The molecular weight excluding hydrogens is 605 g/mol. The van der Waals surface area contributed by atoms with Gasteiger partial charge in [-0.2, -0.15) is 0 Å². The summed E-state index contributed by atoms with van der Waals surface area (Å²) in [6, 6.07) is 59.9. The lowest BCUT2D eigenvalue weighted by atomic mass is 9.81. The standard InChI is InChI=1S/C48H34N2/c1-48(2)43-17-8-6-13-38(43)39-25-23-34(30-44(39)48)33-24-26-46-42(29-33)41-16-10-15-37(47(41)50(46)35-11-4-3-5-12-35)32-21-19-31(20-22-32)36-27-28-49-45-18-9-7-14-40(36)45/h3-30H,1-2H3. The van der Waals surface area contributed by atoms with Gasteiger partial charge < -0.3 is 4.57 Å². The fourth-order valence-corrected chi connectivity index (χ4v) is 8.39. The number of fused-ring (bicyclic) bond motifs is 7. The van der Waals surface area contributed by atoms with E-state index in [1.165, 1.54) is 82.8 Å². The molecule has 0 radical (unpaired) electrons. The third-order valence-electron chi connectivity index (χ3n) is 10.9. The summed E-state index contributed by atoms with van der Waals surface area (Å²) in [5, 5.41) is 3.67. The van der Waals surface area contributed by atoms with Crippen LogP contribution in [0, 0.1) is 0 Å². The van der Waals surface area contributed by atoms with E-state index in [1.54, 1.807) is 0 Å². The molecule has 0 spiro atoms. The summed E-state index contributed by atoms with van der Waals surface area (Å²) in [4.78, 5) is 4.58. The second-order valence-corrected chi connectivity index (χ2v) is 14.0. The van der Waals surface area contributed by atoms with E-state index in [0.717, 1.165) is 11.2 Å². The molecule has 2 aromatic heterocycles. The first-order chi connectivity index (χ1) is 24.6. The van der Waals surface area contributed by atoms with E-state index in [2.05, 4.69) is 181 Å². The molecular formula is C48H34N2. The SMILES string of the molecule is CC1(C)c2ccccc2-c2ccc(-c3ccc4c(c3)c3cccc(-c5ccc(-c6ccnc7ccccc67)cc5)c3n4-c3ccccc3)cc21. The first kappa shape index (κ1) is 28.7. The number of rotatable bonds is 4. The van der Waals surface area contributed by atoms with Crippen molar-refractivity contribution in [1.82, 2.24) is 9.55 Å². The quantitative estimate of drug-likeness (QED) is 0.188. The Morgan fingerprint density at radius 2 is 1.08 bits per heavy atom. The molecule has 1 aliphatic rings. The summed E-state index contributed by atoms with van der Waals surface area (Å²) in [5.74, 6) is 0. The van der Waals surface area contributed by atoms with Crippen LogP contribution in [-0.4, -0.2) is 9.55 Å². The van der Waals surface area contributed by atoms with Crippen molar-refractivity contribution in [2.24, 2.45) is 0 Å². The Morgan fingerprint density at radius 3 is 1.94 bits per heavy atom. The van der Waals surface area contributed by atoms with Crippen LogP contribution in [0.2, 0.25) is 0 Å². The minimum Gasteiger partial charge on any atom is -0.309 e. The molecule has 10 rings (SSSR count). The number of nitrogens with zero attached hydrogens (tertiary/aromatic N) is 2. The van der Waals surface area contributed by atoms with E-state index >= 15 is 0 Å². The second-order valence-electron chi connectivity index (χ2n) is 14.0. The third-order valence-corrected chi connectivity index (χ3v) is 10.9. The zero-order chi connectivity index (χ0) is 33.4. The van der Waals surface area contributed by atoms with E-state index in [9.17, 15) is 0 Å². The Labute approximate surface area is 291 Å². The maximum absolute atomic E-state index is 4.58. The predicted molar refractivity (Wildman–Crippen MR) is 210 cm³/mol. The number of benzene rings is 7. The van der Waals surface area contributed by atoms with E-state index < -0.39 is 0 Å². The van der Waals surface area contributed by atoms with Crippen molar-refractivity contribution in [3.8, 4) is 50.2 Å². The molecule has 0 N–H and O–H groups in total. The maximum Gasteiger partial charge on any atom is 0.0708 e. The van der Waals surface area contributed by atoms with Crippen LogP contribution >= 0.6 is 0 Å². The van der Waals surface area contributed by atoms with Gasteiger partial charge in [0.15, 0.2) is 0 Å². The minimum atomic E-state index is -0.0374. The first-order valence-corrected chi connectivity index (χ1v) is 17.4. The van der Waals surface area contributed by atoms with Gasteiger partial charge in [0.1, 0.15) is 0 Å². The highest BCUT2D eigenvalue weighted by Crippen LogP contribution is 2.50. The molecule has 9 aromatic rings. The van der Waals surface area contributed by atoms with Gasteiger partial charge in [0.05, 0.1) is 16.6 Å². The van der Waals surface area contributed by atoms with Gasteiger partial charge in [0.25, 0.3) is 0 Å². The molecule has 236 valence electrons. The average molecular weight is 639 g/mol. The summed E-state index contributed by atoms with van der Waals surface area (Å²) < 4.78 is 2.44. The van der Waals surface area contributed by atoms with Gasteiger partial charge >= 0.3 is 0 Å². The minimum absolute atomic E-state index is 0.0374. The van der Waals surface area contributed by atoms with Gasteiger partial charge in [-0.25, -0.2) is 0 Å². The number of para-hydroxylation sites is 3. The normalized spacial score (nSPS) is 13.2. The number of aromatic nitrogens is 2. The molecule has 50 heavy (non-hydrogen) atoms. The summed E-state index contributed by atoms with van der Waals surface area (Å²) in [5.41, 5.74) is 17.4. The fraction of sp³-hybridized carbons (Fsp3) is 0.0625. The summed E-state index contributed by atoms with van der Waals surface area (Å²) >= 11 is 0. The zero-order valence-corrected chi connectivity index (χ0v) is 28.1. The Balaban J connectivity index is 1.14. The molecule has 0 fully saturated rings. The van der Waals surface area contributed by atoms with Crippen LogP contribution in [-0.2, 0) is 5.41 Å². The molecule has 1 aliphatic carbocycles. The molecule has 0 unspecified atom stereocenters. The lowest BCUT2D eigenvalue weighted by Crippen LogP contribution is -2.14. The molecule has 0 aliphatic heterocycles. The Bertz CT molecular complexity index is 2760. The first-order valence-electron chi connectivity index (χ1n) is 17.4. The Kier molecular flexibility index (Phi) is 6.25.